The van der Waals surface area contributed by atoms with Gasteiger partial charge in [-0.1, -0.05) is 11.6 Å². The van der Waals surface area contributed by atoms with Gasteiger partial charge >= 0.3 is 0 Å². The van der Waals surface area contributed by atoms with Gasteiger partial charge in [-0.2, -0.15) is 0 Å². The molecule has 1 aromatic rings. The summed E-state index contributed by atoms with van der Waals surface area (Å²) in [6.45, 7) is 3.82. The molecule has 3 nitrogen and oxygen atoms in total. The molecule has 0 radical (unpaired) electrons. The van der Waals surface area contributed by atoms with Gasteiger partial charge in [-0.05, 0) is 32.1 Å². The number of carbonyl (C=O) groups is 1. The van der Waals surface area contributed by atoms with Gasteiger partial charge in [0.25, 0.3) is 0 Å². The fourth-order valence-electron chi connectivity index (χ4n) is 1.80. The Hall–Kier alpha value is -1.48. The fraction of sp³-hybridized carbons (Fsp3) is 0.308. The zero-order chi connectivity index (χ0) is 12.6. The molecule has 1 aromatic carbocycles. The van der Waals surface area contributed by atoms with E-state index in [0.29, 0.717) is 27.7 Å². The molecular formula is C13H13ClO3. The topological polar surface area (TPSA) is 35.5 Å². The minimum atomic E-state index is -0.486. The number of rotatable bonds is 2. The molecule has 1 aliphatic rings. The lowest BCUT2D eigenvalue weighted by molar-refractivity contribution is 0.112. The first-order chi connectivity index (χ1) is 7.96. The number of hydrogen-bond acceptors (Lipinski definition) is 3. The van der Waals surface area contributed by atoms with Crippen LogP contribution < -0.4 is 9.47 Å². The van der Waals surface area contributed by atoms with Gasteiger partial charge in [-0.3, -0.25) is 4.79 Å². The molecule has 0 atom stereocenters. The molecule has 17 heavy (non-hydrogen) atoms. The minimum Gasteiger partial charge on any atom is -0.493 e. The predicted octanol–water partition coefficient (Wildman–Crippen LogP) is 3.26. The van der Waals surface area contributed by atoms with Gasteiger partial charge in [-0.15, -0.1) is 0 Å². The molecule has 0 spiro atoms. The van der Waals surface area contributed by atoms with Gasteiger partial charge in [0.2, 0.25) is 0 Å². The molecule has 0 aliphatic carbocycles. The molecule has 1 heterocycles. The lowest BCUT2D eigenvalue weighted by atomic mass is 10.00. The highest BCUT2D eigenvalue weighted by Gasteiger charge is 2.28. The molecule has 2 rings (SSSR count). The molecule has 4 heteroatoms. The summed E-state index contributed by atoms with van der Waals surface area (Å²) in [4.78, 5) is 10.8. The van der Waals surface area contributed by atoms with Gasteiger partial charge in [0.05, 0.1) is 12.1 Å². The summed E-state index contributed by atoms with van der Waals surface area (Å²) in [6, 6.07) is 3.33. The van der Waals surface area contributed by atoms with E-state index < -0.39 is 5.60 Å². The molecule has 1 aliphatic heterocycles. The summed E-state index contributed by atoms with van der Waals surface area (Å²) >= 11 is 6.20. The molecule has 0 saturated heterocycles. The Labute approximate surface area is 105 Å². The Balaban J connectivity index is 2.66. The zero-order valence-electron chi connectivity index (χ0n) is 9.91. The Morgan fingerprint density at radius 3 is 2.71 bits per heavy atom. The van der Waals surface area contributed by atoms with E-state index in [0.717, 1.165) is 6.29 Å². The minimum absolute atomic E-state index is 0.486. The van der Waals surface area contributed by atoms with Gasteiger partial charge in [0.1, 0.15) is 11.9 Å². The zero-order valence-corrected chi connectivity index (χ0v) is 10.7. The number of halogens is 1. The largest absolute Gasteiger partial charge is 0.493 e. The van der Waals surface area contributed by atoms with E-state index in [-0.39, 0.29) is 0 Å². The smallest absolute Gasteiger partial charge is 0.171 e. The van der Waals surface area contributed by atoms with Crippen LogP contribution in [0.5, 0.6) is 11.5 Å². The average Bonchev–Trinajstić information content (AvgIpc) is 2.26. The van der Waals surface area contributed by atoms with Crippen LogP contribution in [0.4, 0.5) is 0 Å². The van der Waals surface area contributed by atoms with Gasteiger partial charge in [0.15, 0.2) is 11.5 Å². The van der Waals surface area contributed by atoms with E-state index in [1.807, 2.05) is 19.9 Å². The van der Waals surface area contributed by atoms with Crippen molar-refractivity contribution in [3.05, 3.63) is 29.3 Å². The third-order valence-corrected chi connectivity index (χ3v) is 2.84. The Bertz CT molecular complexity index is 504. The first-order valence-electron chi connectivity index (χ1n) is 5.22. The maximum atomic E-state index is 10.8. The van der Waals surface area contributed by atoms with Crippen LogP contribution in [-0.4, -0.2) is 19.0 Å². The van der Waals surface area contributed by atoms with Crippen molar-refractivity contribution in [3.8, 4) is 11.5 Å². The molecule has 0 bridgehead atoms. The van der Waals surface area contributed by atoms with Gasteiger partial charge < -0.3 is 9.47 Å². The molecule has 90 valence electrons. The van der Waals surface area contributed by atoms with Crippen LogP contribution in [-0.2, 0) is 0 Å². The van der Waals surface area contributed by atoms with Crippen LogP contribution >= 0.6 is 11.6 Å². The molecule has 0 aromatic heterocycles. The lowest BCUT2D eigenvalue weighted by Gasteiger charge is -2.30. The van der Waals surface area contributed by atoms with Crippen molar-refractivity contribution < 1.29 is 14.3 Å². The lowest BCUT2D eigenvalue weighted by Crippen LogP contribution is -2.28. The third-order valence-electron chi connectivity index (χ3n) is 2.53. The van der Waals surface area contributed by atoms with Crippen molar-refractivity contribution in [3.63, 3.8) is 0 Å². The van der Waals surface area contributed by atoms with E-state index in [4.69, 9.17) is 21.1 Å². The molecule has 0 saturated carbocycles. The van der Waals surface area contributed by atoms with Crippen molar-refractivity contribution in [2.45, 2.75) is 19.4 Å². The summed E-state index contributed by atoms with van der Waals surface area (Å²) in [5.74, 6) is 1.10. The van der Waals surface area contributed by atoms with Gasteiger partial charge in [-0.25, -0.2) is 0 Å². The van der Waals surface area contributed by atoms with E-state index in [1.54, 1.807) is 12.1 Å². The van der Waals surface area contributed by atoms with Crippen molar-refractivity contribution in [1.82, 2.24) is 0 Å². The average molecular weight is 253 g/mol. The molecular weight excluding hydrogens is 240 g/mol. The summed E-state index contributed by atoms with van der Waals surface area (Å²) in [6.07, 6.45) is 2.57. The van der Waals surface area contributed by atoms with E-state index in [1.165, 1.54) is 7.11 Å². The van der Waals surface area contributed by atoms with Gasteiger partial charge in [0, 0.05) is 11.1 Å². The van der Waals surface area contributed by atoms with Crippen molar-refractivity contribution >= 4 is 22.9 Å². The molecule has 0 N–H and O–H groups in total. The third kappa shape index (κ3) is 2.15. The van der Waals surface area contributed by atoms with E-state index in [9.17, 15) is 4.79 Å². The number of aldehydes is 1. The first kappa shape index (κ1) is 12.0. The van der Waals surface area contributed by atoms with Crippen LogP contribution in [0.3, 0.4) is 0 Å². The highest BCUT2D eigenvalue weighted by atomic mass is 35.5. The quantitative estimate of drug-likeness (QED) is 0.758. The second-order valence-corrected chi connectivity index (χ2v) is 4.82. The van der Waals surface area contributed by atoms with E-state index in [2.05, 4.69) is 0 Å². The predicted molar refractivity (Wildman–Crippen MR) is 66.9 cm³/mol. The highest BCUT2D eigenvalue weighted by Crippen LogP contribution is 2.44. The van der Waals surface area contributed by atoms with Crippen molar-refractivity contribution in [2.75, 3.05) is 7.11 Å². The van der Waals surface area contributed by atoms with Crippen LogP contribution in [0.25, 0.3) is 5.03 Å². The number of fused-ring (bicyclic) bond motifs is 1. The van der Waals surface area contributed by atoms with Crippen LogP contribution in [0.1, 0.15) is 29.8 Å². The standard InChI is InChI=1S/C13H13ClO3/c1-13(2)6-10(14)9-4-8(7-15)5-11(16-3)12(9)17-13/h4-7H,1-3H3. The highest BCUT2D eigenvalue weighted by molar-refractivity contribution is 6.49. The number of carbonyl (C=O) groups excluding carboxylic acids is 1. The van der Waals surface area contributed by atoms with Crippen molar-refractivity contribution in [2.24, 2.45) is 0 Å². The second-order valence-electron chi connectivity index (χ2n) is 4.42. The Morgan fingerprint density at radius 1 is 1.41 bits per heavy atom. The summed E-state index contributed by atoms with van der Waals surface area (Å²) < 4.78 is 11.0. The van der Waals surface area contributed by atoms with Crippen LogP contribution in [0.2, 0.25) is 0 Å². The first-order valence-corrected chi connectivity index (χ1v) is 5.59. The number of benzene rings is 1. The monoisotopic (exact) mass is 252 g/mol. The second kappa shape index (κ2) is 4.08. The summed E-state index contributed by atoms with van der Waals surface area (Å²) in [7, 11) is 1.53. The summed E-state index contributed by atoms with van der Waals surface area (Å²) in [5.41, 5.74) is 0.711. The summed E-state index contributed by atoms with van der Waals surface area (Å²) in [5, 5.41) is 0.568. The number of methoxy groups -OCH3 is 1. The Kier molecular flexibility index (Phi) is 2.87. The van der Waals surface area contributed by atoms with Crippen LogP contribution in [0.15, 0.2) is 18.2 Å². The molecule has 0 amide bonds. The Morgan fingerprint density at radius 2 is 2.12 bits per heavy atom. The number of ether oxygens (including phenoxy) is 2. The molecule has 0 unspecified atom stereocenters. The molecule has 0 fully saturated rings. The normalized spacial score (nSPS) is 16.6. The SMILES string of the molecule is COc1cc(C=O)cc2c1OC(C)(C)C=C2Cl. The maximum Gasteiger partial charge on any atom is 0.171 e. The number of hydrogen-bond donors (Lipinski definition) is 0. The maximum absolute atomic E-state index is 10.8. The fourth-order valence-corrected chi connectivity index (χ4v) is 2.20. The van der Waals surface area contributed by atoms with Crippen LogP contribution in [0, 0.1) is 0 Å². The van der Waals surface area contributed by atoms with E-state index >= 15 is 0 Å². The van der Waals surface area contributed by atoms with Crippen molar-refractivity contribution in [1.29, 1.82) is 0 Å².